The third kappa shape index (κ3) is 4.85. The number of nitrogens with one attached hydrogen (secondary N) is 1. The second-order valence-electron chi connectivity index (χ2n) is 10.2. The van der Waals surface area contributed by atoms with E-state index in [1.54, 1.807) is 6.33 Å². The Kier molecular flexibility index (Phi) is 6.74. The monoisotopic (exact) mass is 527 g/mol. The lowest BCUT2D eigenvalue weighted by Gasteiger charge is -2.19. The van der Waals surface area contributed by atoms with Crippen molar-refractivity contribution < 1.29 is 10.2 Å². The minimum absolute atomic E-state index is 0.00795. The lowest BCUT2D eigenvalue weighted by Crippen LogP contribution is -2.29. The third-order valence-corrected chi connectivity index (χ3v) is 8.04. The maximum absolute atomic E-state index is 10.9. The van der Waals surface area contributed by atoms with Crippen molar-refractivity contribution in [1.29, 1.82) is 0 Å². The van der Waals surface area contributed by atoms with Gasteiger partial charge in [0.2, 0.25) is 0 Å². The molecule has 0 aliphatic heterocycles. The highest BCUT2D eigenvalue weighted by Crippen LogP contribution is 2.39. The highest BCUT2D eigenvalue weighted by molar-refractivity contribution is 6.30. The fourth-order valence-electron chi connectivity index (χ4n) is 5.59. The van der Waals surface area contributed by atoms with Gasteiger partial charge in [-0.15, -0.1) is 0 Å². The summed E-state index contributed by atoms with van der Waals surface area (Å²) in [4.78, 5) is 13.5. The average molecular weight is 528 g/mol. The molecule has 0 amide bonds. The molecule has 38 heavy (non-hydrogen) atoms. The normalized spacial score (nSPS) is 21.4. The Morgan fingerprint density at radius 3 is 2.61 bits per heavy atom. The van der Waals surface area contributed by atoms with E-state index in [1.165, 1.54) is 5.56 Å². The molecule has 1 saturated carbocycles. The number of pyridine rings is 1. The summed E-state index contributed by atoms with van der Waals surface area (Å²) in [6.07, 6.45) is 4.16. The van der Waals surface area contributed by atoms with Crippen molar-refractivity contribution in [2.24, 2.45) is 5.92 Å². The molecular weight excluding hydrogens is 498 g/mol. The second kappa shape index (κ2) is 10.3. The molecule has 3 aromatic heterocycles. The molecular formula is C30H30ClN5O2. The van der Waals surface area contributed by atoms with E-state index in [4.69, 9.17) is 16.6 Å². The van der Waals surface area contributed by atoms with Crippen molar-refractivity contribution in [3.63, 3.8) is 0 Å². The van der Waals surface area contributed by atoms with Gasteiger partial charge in [-0.05, 0) is 79.6 Å². The molecule has 0 bridgehead atoms. The predicted octanol–water partition coefficient (Wildman–Crippen LogP) is 5.47. The molecule has 0 saturated heterocycles. The zero-order chi connectivity index (χ0) is 26.2. The van der Waals surface area contributed by atoms with E-state index in [0.717, 1.165) is 56.9 Å². The molecule has 8 heteroatoms. The summed E-state index contributed by atoms with van der Waals surface area (Å²) in [6, 6.07) is 20.0. The Labute approximate surface area is 226 Å². The number of hydrogen-bond acceptors (Lipinski definition) is 6. The molecule has 1 fully saturated rings. The smallest absolute Gasteiger partial charge is 0.143 e. The fraction of sp³-hybridized carbons (Fsp3) is 0.300. The van der Waals surface area contributed by atoms with E-state index >= 15 is 0 Å². The number of aromatic nitrogens is 4. The number of fused-ring (bicyclic) bond motifs is 2. The number of aryl methyl sites for hydroxylation is 2. The minimum Gasteiger partial charge on any atom is -0.390 e. The van der Waals surface area contributed by atoms with Crippen molar-refractivity contribution in [3.05, 3.63) is 95.0 Å². The Bertz CT molecular complexity index is 1590. The van der Waals surface area contributed by atoms with Gasteiger partial charge in [0.05, 0.1) is 23.4 Å². The highest BCUT2D eigenvalue weighted by atomic mass is 35.5. The van der Waals surface area contributed by atoms with E-state index < -0.39 is 12.2 Å². The molecule has 1 aliphatic carbocycles. The van der Waals surface area contributed by atoms with E-state index in [-0.39, 0.29) is 12.0 Å². The lowest BCUT2D eigenvalue weighted by atomic mass is 9.95. The molecule has 5 aromatic rings. The number of hydrogen-bond donors (Lipinski definition) is 3. The van der Waals surface area contributed by atoms with Crippen LogP contribution < -0.4 is 5.32 Å². The van der Waals surface area contributed by atoms with Gasteiger partial charge in [-0.1, -0.05) is 35.9 Å². The van der Waals surface area contributed by atoms with Gasteiger partial charge in [0, 0.05) is 28.5 Å². The van der Waals surface area contributed by atoms with Crippen LogP contribution in [-0.2, 0) is 13.0 Å². The fourth-order valence-corrected chi connectivity index (χ4v) is 5.72. The Morgan fingerprint density at radius 1 is 0.974 bits per heavy atom. The summed E-state index contributed by atoms with van der Waals surface area (Å²) < 4.78 is 2.00. The molecule has 4 atom stereocenters. The number of rotatable bonds is 7. The molecule has 6 rings (SSSR count). The summed E-state index contributed by atoms with van der Waals surface area (Å²) in [5, 5.41) is 28.0. The first-order valence-electron chi connectivity index (χ1n) is 13.0. The van der Waals surface area contributed by atoms with Crippen LogP contribution in [0.2, 0.25) is 5.02 Å². The number of aliphatic hydroxyl groups is 2. The first-order chi connectivity index (χ1) is 18.5. The van der Waals surface area contributed by atoms with E-state index in [2.05, 4.69) is 39.6 Å². The van der Waals surface area contributed by atoms with Gasteiger partial charge in [-0.3, -0.25) is 0 Å². The maximum atomic E-state index is 10.9. The number of halogens is 1. The largest absolute Gasteiger partial charge is 0.390 e. The summed E-state index contributed by atoms with van der Waals surface area (Å²) >= 11 is 5.98. The quantitative estimate of drug-likeness (QED) is 0.260. The summed E-state index contributed by atoms with van der Waals surface area (Å²) in [5.74, 6) is 0.811. The molecule has 7 nitrogen and oxygen atoms in total. The summed E-state index contributed by atoms with van der Waals surface area (Å²) in [5.41, 5.74) is 4.94. The molecule has 1 aliphatic rings. The van der Waals surface area contributed by atoms with E-state index in [9.17, 15) is 10.2 Å². The first kappa shape index (κ1) is 24.8. The second-order valence-corrected chi connectivity index (χ2v) is 10.6. The lowest BCUT2D eigenvalue weighted by molar-refractivity contribution is 0.00545. The van der Waals surface area contributed by atoms with Gasteiger partial charge in [0.1, 0.15) is 23.9 Å². The summed E-state index contributed by atoms with van der Waals surface area (Å²) in [6.45, 7) is 2.62. The van der Waals surface area contributed by atoms with Crippen LogP contribution in [0.1, 0.15) is 35.7 Å². The van der Waals surface area contributed by atoms with Crippen LogP contribution in [0.4, 0.5) is 5.82 Å². The van der Waals surface area contributed by atoms with Crippen molar-refractivity contribution in [2.45, 2.75) is 51.0 Å². The Balaban J connectivity index is 1.13. The zero-order valence-corrected chi connectivity index (χ0v) is 21.9. The van der Waals surface area contributed by atoms with Crippen molar-refractivity contribution in [1.82, 2.24) is 19.5 Å². The van der Waals surface area contributed by atoms with Gasteiger partial charge in [-0.25, -0.2) is 15.0 Å². The molecule has 0 radical (unpaired) electrons. The van der Waals surface area contributed by atoms with Gasteiger partial charge >= 0.3 is 0 Å². The van der Waals surface area contributed by atoms with Crippen molar-refractivity contribution >= 4 is 39.4 Å². The minimum atomic E-state index is -0.835. The topological polar surface area (TPSA) is 96.1 Å². The Hall–Kier alpha value is -3.52. The van der Waals surface area contributed by atoms with Crippen LogP contribution in [0.3, 0.4) is 0 Å². The van der Waals surface area contributed by atoms with Crippen LogP contribution >= 0.6 is 11.6 Å². The maximum Gasteiger partial charge on any atom is 0.143 e. The number of benzene rings is 2. The SMILES string of the molecule is Cc1ncnc2c1ccn2[C@@H]1C[C@H](CCc2ccc3ccc(NCc4ccc(Cl)cc4)nc3c2)[C@@H](O)[C@H]1O. The zero-order valence-electron chi connectivity index (χ0n) is 21.1. The van der Waals surface area contributed by atoms with E-state index in [1.807, 2.05) is 54.1 Å². The van der Waals surface area contributed by atoms with Crippen molar-refractivity contribution in [2.75, 3.05) is 5.32 Å². The highest BCUT2D eigenvalue weighted by Gasteiger charge is 2.42. The third-order valence-electron chi connectivity index (χ3n) is 7.78. The van der Waals surface area contributed by atoms with Crippen molar-refractivity contribution in [3.8, 4) is 0 Å². The average Bonchev–Trinajstić information content (AvgIpc) is 3.48. The predicted molar refractivity (Wildman–Crippen MR) is 150 cm³/mol. The Morgan fingerprint density at radius 2 is 1.76 bits per heavy atom. The first-order valence-corrected chi connectivity index (χ1v) is 13.4. The molecule has 194 valence electrons. The molecule has 3 N–H and O–H groups in total. The summed E-state index contributed by atoms with van der Waals surface area (Å²) in [7, 11) is 0. The molecule has 2 aromatic carbocycles. The molecule has 0 unspecified atom stereocenters. The van der Waals surface area contributed by atoms with Gasteiger partial charge in [0.25, 0.3) is 0 Å². The van der Waals surface area contributed by atoms with Crippen LogP contribution in [0.25, 0.3) is 21.9 Å². The van der Waals surface area contributed by atoms with E-state index in [0.29, 0.717) is 13.0 Å². The van der Waals surface area contributed by atoms with Crippen LogP contribution in [0.5, 0.6) is 0 Å². The van der Waals surface area contributed by atoms with Crippen LogP contribution in [0, 0.1) is 12.8 Å². The number of nitrogens with zero attached hydrogens (tertiary/aromatic N) is 4. The van der Waals surface area contributed by atoms with Gasteiger partial charge < -0.3 is 20.1 Å². The number of aliphatic hydroxyl groups excluding tert-OH is 2. The van der Waals surface area contributed by atoms with Crippen LogP contribution in [-0.4, -0.2) is 41.9 Å². The molecule has 3 heterocycles. The van der Waals surface area contributed by atoms with Crippen LogP contribution in [0.15, 0.2) is 73.2 Å². The standard InChI is InChI=1S/C30H30ClN5O2/c1-18-24-12-13-36(30(24)34-17-33-18)26-15-22(28(37)29(26)38)7-3-19-2-6-21-8-11-27(35-25(21)14-19)32-16-20-4-9-23(31)10-5-20/h2,4-6,8-14,17,22,26,28-29,37-38H,3,7,15-16H2,1H3,(H,32,35)/t22-,26+,28+,29-/m0/s1. The van der Waals surface area contributed by atoms with Gasteiger partial charge in [-0.2, -0.15) is 0 Å². The number of anilines is 1. The molecule has 0 spiro atoms. The van der Waals surface area contributed by atoms with Gasteiger partial charge in [0.15, 0.2) is 0 Å².